The molecule has 0 bridgehead atoms. The molecule has 9 nitrogen and oxygen atoms in total. The molecule has 0 radical (unpaired) electrons. The van der Waals surface area contributed by atoms with Crippen molar-refractivity contribution < 1.29 is 13.2 Å². The highest BCUT2D eigenvalue weighted by Crippen LogP contribution is 2.23. The molecule has 1 aliphatic heterocycles. The fourth-order valence-corrected chi connectivity index (χ4v) is 3.88. The monoisotopic (exact) mass is 426 g/mol. The average molecular weight is 427 g/mol. The number of primary sulfonamides is 1. The van der Waals surface area contributed by atoms with Crippen LogP contribution in [0.4, 0.5) is 11.5 Å². The number of fused-ring (bicyclic) bond motifs is 1. The van der Waals surface area contributed by atoms with E-state index in [0.29, 0.717) is 22.5 Å². The Morgan fingerprint density at radius 3 is 2.33 bits per heavy atom. The van der Waals surface area contributed by atoms with Crippen LogP contribution in [-0.2, 0) is 10.0 Å². The molecule has 2 aromatic carbocycles. The van der Waals surface area contributed by atoms with E-state index in [2.05, 4.69) is 27.1 Å². The van der Waals surface area contributed by atoms with E-state index >= 15 is 0 Å². The molecular weight excluding hydrogens is 404 g/mol. The molecule has 1 fully saturated rings. The molecule has 0 spiro atoms. The van der Waals surface area contributed by atoms with Gasteiger partial charge >= 0.3 is 0 Å². The lowest BCUT2D eigenvalue weighted by Gasteiger charge is -2.33. The summed E-state index contributed by atoms with van der Waals surface area (Å²) in [5.41, 5.74) is 1.82. The van der Waals surface area contributed by atoms with E-state index in [1.807, 2.05) is 18.2 Å². The molecule has 2 heterocycles. The number of nitrogens with zero attached hydrogens (tertiary/aromatic N) is 4. The van der Waals surface area contributed by atoms with Crippen molar-refractivity contribution in [2.24, 2.45) is 5.14 Å². The zero-order chi connectivity index (χ0) is 21.3. The van der Waals surface area contributed by atoms with Crippen LogP contribution >= 0.6 is 0 Å². The Balaban J connectivity index is 1.71. The third kappa shape index (κ3) is 4.25. The quantitative estimate of drug-likeness (QED) is 0.644. The van der Waals surface area contributed by atoms with E-state index < -0.39 is 15.9 Å². The topological polar surface area (TPSA) is 122 Å². The van der Waals surface area contributed by atoms with Crippen LogP contribution in [0.3, 0.4) is 0 Å². The summed E-state index contributed by atoms with van der Waals surface area (Å²) in [4.78, 5) is 26.6. The highest BCUT2D eigenvalue weighted by atomic mass is 32.2. The zero-order valence-electron chi connectivity index (χ0n) is 16.4. The van der Waals surface area contributed by atoms with Crippen molar-refractivity contribution in [2.75, 3.05) is 43.4 Å². The van der Waals surface area contributed by atoms with Gasteiger partial charge < -0.3 is 15.1 Å². The van der Waals surface area contributed by atoms with Crippen molar-refractivity contribution in [1.29, 1.82) is 0 Å². The summed E-state index contributed by atoms with van der Waals surface area (Å²) < 4.78 is 23.2. The lowest BCUT2D eigenvalue weighted by molar-refractivity contribution is 0.102. The van der Waals surface area contributed by atoms with E-state index in [4.69, 9.17) is 10.1 Å². The lowest BCUT2D eigenvalue weighted by Crippen LogP contribution is -2.45. The molecule has 1 aliphatic rings. The average Bonchev–Trinajstić information content (AvgIpc) is 2.73. The second-order valence-corrected chi connectivity index (χ2v) is 8.76. The summed E-state index contributed by atoms with van der Waals surface area (Å²) in [7, 11) is -1.83. The minimum atomic E-state index is -3.88. The van der Waals surface area contributed by atoms with Crippen molar-refractivity contribution in [3.05, 3.63) is 54.2 Å². The van der Waals surface area contributed by atoms with Gasteiger partial charge in [-0.05, 0) is 37.4 Å². The van der Waals surface area contributed by atoms with E-state index in [1.165, 1.54) is 18.2 Å². The summed E-state index contributed by atoms with van der Waals surface area (Å²) in [6, 6.07) is 13.2. The summed E-state index contributed by atoms with van der Waals surface area (Å²) >= 11 is 0. The van der Waals surface area contributed by atoms with Gasteiger partial charge in [-0.15, -0.1) is 0 Å². The maximum absolute atomic E-state index is 13.1. The van der Waals surface area contributed by atoms with Crippen molar-refractivity contribution in [2.45, 2.75) is 4.90 Å². The molecule has 156 valence electrons. The van der Waals surface area contributed by atoms with Gasteiger partial charge in [0, 0.05) is 31.9 Å². The van der Waals surface area contributed by atoms with Crippen molar-refractivity contribution in [3.63, 3.8) is 0 Å². The molecule has 1 aromatic heterocycles. The van der Waals surface area contributed by atoms with Gasteiger partial charge in [0.25, 0.3) is 5.91 Å². The SMILES string of the molecule is CN1CCN(c2nc3ccccc3nc2C(=O)Nc2cccc(S(N)(=O)=O)c2)CC1. The second-order valence-electron chi connectivity index (χ2n) is 7.20. The standard InChI is InChI=1S/C20H22N6O3S/c1-25-9-11-26(12-10-25)19-18(23-16-7-2-3-8-17(16)24-19)20(27)22-14-5-4-6-15(13-14)30(21,28)29/h2-8,13H,9-12H2,1H3,(H,22,27)(H2,21,28,29). The number of amides is 1. The first kappa shape index (κ1) is 20.2. The van der Waals surface area contributed by atoms with Gasteiger partial charge in [0.05, 0.1) is 15.9 Å². The van der Waals surface area contributed by atoms with Crippen LogP contribution in [0.25, 0.3) is 11.0 Å². The largest absolute Gasteiger partial charge is 0.352 e. The molecule has 3 aromatic rings. The summed E-state index contributed by atoms with van der Waals surface area (Å²) in [6.45, 7) is 3.16. The number of likely N-dealkylation sites (N-methyl/N-ethyl adjacent to an activating group) is 1. The van der Waals surface area contributed by atoms with Gasteiger partial charge in [-0.25, -0.2) is 23.5 Å². The Hall–Kier alpha value is -3.08. The number of hydrogen-bond donors (Lipinski definition) is 2. The Morgan fingerprint density at radius 1 is 1.00 bits per heavy atom. The lowest BCUT2D eigenvalue weighted by atomic mass is 10.2. The Kier molecular flexibility index (Phi) is 5.37. The number of para-hydroxylation sites is 2. The molecule has 1 saturated heterocycles. The third-order valence-electron chi connectivity index (χ3n) is 4.99. The number of nitrogens with two attached hydrogens (primary N) is 1. The summed E-state index contributed by atoms with van der Waals surface area (Å²) in [5, 5.41) is 7.91. The molecule has 0 saturated carbocycles. The van der Waals surface area contributed by atoms with Gasteiger partial charge in [0.15, 0.2) is 11.5 Å². The van der Waals surface area contributed by atoms with E-state index in [-0.39, 0.29) is 10.6 Å². The third-order valence-corrected chi connectivity index (χ3v) is 5.90. The molecular formula is C20H22N6O3S. The Labute approximate surface area is 174 Å². The number of piperazine rings is 1. The van der Waals surface area contributed by atoms with Crippen LogP contribution in [0.1, 0.15) is 10.5 Å². The van der Waals surface area contributed by atoms with Crippen LogP contribution in [-0.4, -0.2) is 62.4 Å². The van der Waals surface area contributed by atoms with Crippen LogP contribution < -0.4 is 15.4 Å². The minimum Gasteiger partial charge on any atom is -0.352 e. The normalized spacial score (nSPS) is 15.3. The molecule has 4 rings (SSSR count). The van der Waals surface area contributed by atoms with Crippen molar-refractivity contribution in [1.82, 2.24) is 14.9 Å². The molecule has 0 aliphatic carbocycles. The molecule has 3 N–H and O–H groups in total. The smallest absolute Gasteiger partial charge is 0.278 e. The maximum Gasteiger partial charge on any atom is 0.278 e. The first-order valence-electron chi connectivity index (χ1n) is 9.46. The predicted octanol–water partition coefficient (Wildman–Crippen LogP) is 1.28. The first-order chi connectivity index (χ1) is 14.3. The molecule has 30 heavy (non-hydrogen) atoms. The molecule has 10 heteroatoms. The predicted molar refractivity (Wildman–Crippen MR) is 115 cm³/mol. The van der Waals surface area contributed by atoms with Gasteiger partial charge in [0.1, 0.15) is 0 Å². The van der Waals surface area contributed by atoms with E-state index in [1.54, 1.807) is 12.1 Å². The summed E-state index contributed by atoms with van der Waals surface area (Å²) in [6.07, 6.45) is 0. The number of benzene rings is 2. The number of nitrogens with one attached hydrogen (secondary N) is 1. The number of anilines is 2. The van der Waals surface area contributed by atoms with Crippen LogP contribution in [0, 0.1) is 0 Å². The molecule has 0 atom stereocenters. The zero-order valence-corrected chi connectivity index (χ0v) is 17.3. The van der Waals surface area contributed by atoms with Gasteiger partial charge in [0.2, 0.25) is 10.0 Å². The minimum absolute atomic E-state index is 0.0795. The Morgan fingerprint density at radius 2 is 1.67 bits per heavy atom. The number of rotatable bonds is 4. The molecule has 1 amide bonds. The van der Waals surface area contributed by atoms with Gasteiger partial charge in [-0.3, -0.25) is 4.79 Å². The van der Waals surface area contributed by atoms with Gasteiger partial charge in [-0.2, -0.15) is 0 Å². The number of carbonyl (C=O) groups is 1. The van der Waals surface area contributed by atoms with Crippen molar-refractivity contribution >= 4 is 38.5 Å². The maximum atomic E-state index is 13.1. The van der Waals surface area contributed by atoms with Crippen LogP contribution in [0.2, 0.25) is 0 Å². The van der Waals surface area contributed by atoms with Crippen LogP contribution in [0.15, 0.2) is 53.4 Å². The number of carbonyl (C=O) groups excluding carboxylic acids is 1. The van der Waals surface area contributed by atoms with E-state index in [0.717, 1.165) is 26.2 Å². The Bertz CT molecular complexity index is 1210. The summed E-state index contributed by atoms with van der Waals surface area (Å²) in [5.74, 6) is 0.0515. The van der Waals surface area contributed by atoms with Crippen molar-refractivity contribution in [3.8, 4) is 0 Å². The first-order valence-corrected chi connectivity index (χ1v) is 11.0. The highest BCUT2D eigenvalue weighted by molar-refractivity contribution is 7.89. The molecule has 0 unspecified atom stereocenters. The highest BCUT2D eigenvalue weighted by Gasteiger charge is 2.24. The number of hydrogen-bond acceptors (Lipinski definition) is 7. The fourth-order valence-electron chi connectivity index (χ4n) is 3.32. The van der Waals surface area contributed by atoms with E-state index in [9.17, 15) is 13.2 Å². The fraction of sp³-hybridized carbons (Fsp3) is 0.250. The van der Waals surface area contributed by atoms with Crippen LogP contribution in [0.5, 0.6) is 0 Å². The van der Waals surface area contributed by atoms with Gasteiger partial charge in [-0.1, -0.05) is 18.2 Å². The number of aromatic nitrogens is 2. The number of sulfonamides is 1. The second kappa shape index (κ2) is 7.98.